The second kappa shape index (κ2) is 6.99. The van der Waals surface area contributed by atoms with Crippen LogP contribution in [0.4, 0.5) is 5.69 Å². The van der Waals surface area contributed by atoms with Crippen molar-refractivity contribution in [2.24, 2.45) is 5.92 Å². The number of anilines is 1. The monoisotopic (exact) mass is 308 g/mol. The van der Waals surface area contributed by atoms with Gasteiger partial charge in [-0.3, -0.25) is 0 Å². The molecule has 0 amide bonds. The van der Waals surface area contributed by atoms with Gasteiger partial charge in [-0.15, -0.1) is 0 Å². The van der Waals surface area contributed by atoms with Crippen LogP contribution in [0.25, 0.3) is 0 Å². The molecule has 3 nitrogen and oxygen atoms in total. The van der Waals surface area contributed by atoms with E-state index >= 15 is 0 Å². The van der Waals surface area contributed by atoms with E-state index < -0.39 is 0 Å². The maximum absolute atomic E-state index is 6.43. The van der Waals surface area contributed by atoms with Gasteiger partial charge in [-0.2, -0.15) is 0 Å². The number of rotatable bonds is 6. The zero-order valence-electron chi connectivity index (χ0n) is 12.8. The second-order valence-electron chi connectivity index (χ2n) is 6.36. The summed E-state index contributed by atoms with van der Waals surface area (Å²) in [4.78, 5) is 2.34. The van der Waals surface area contributed by atoms with Crippen molar-refractivity contribution in [3.05, 3.63) is 28.8 Å². The summed E-state index contributed by atoms with van der Waals surface area (Å²) in [5.74, 6) is 0.631. The van der Waals surface area contributed by atoms with Crippen LogP contribution < -0.4 is 10.2 Å². The highest BCUT2D eigenvalue weighted by Crippen LogP contribution is 2.29. The summed E-state index contributed by atoms with van der Waals surface area (Å²) in [6.07, 6.45) is 5.05. The minimum Gasteiger partial charge on any atom is -0.381 e. The predicted octanol–water partition coefficient (Wildman–Crippen LogP) is 3.45. The van der Waals surface area contributed by atoms with Crippen LogP contribution >= 0.6 is 11.6 Å². The van der Waals surface area contributed by atoms with Gasteiger partial charge in [0.1, 0.15) is 0 Å². The first-order valence-corrected chi connectivity index (χ1v) is 8.41. The normalized spacial score (nSPS) is 22.3. The summed E-state index contributed by atoms with van der Waals surface area (Å²) < 4.78 is 5.59. The fourth-order valence-corrected chi connectivity index (χ4v) is 3.29. The molecule has 0 aromatic heterocycles. The Hall–Kier alpha value is -0.770. The molecule has 0 spiro atoms. The molecule has 1 saturated heterocycles. The Morgan fingerprint density at radius 2 is 2.19 bits per heavy atom. The van der Waals surface area contributed by atoms with Crippen LogP contribution in [-0.4, -0.2) is 32.8 Å². The van der Waals surface area contributed by atoms with Crippen LogP contribution in [0.15, 0.2) is 18.2 Å². The number of hydrogen-bond acceptors (Lipinski definition) is 3. The van der Waals surface area contributed by atoms with Gasteiger partial charge in [-0.05, 0) is 43.7 Å². The third kappa shape index (κ3) is 4.12. The molecular weight excluding hydrogens is 284 g/mol. The Morgan fingerprint density at radius 3 is 2.90 bits per heavy atom. The van der Waals surface area contributed by atoms with E-state index in [2.05, 4.69) is 23.3 Å². The van der Waals surface area contributed by atoms with E-state index in [1.807, 2.05) is 12.1 Å². The standard InChI is InChI=1S/C17H25ClN2O/c1-20(11-13-4-3-9-21-12-13)17-6-2-5-16(18)15(17)10-19-14-7-8-14/h2,5-6,13-14,19H,3-4,7-12H2,1H3. The fraction of sp³-hybridized carbons (Fsp3) is 0.647. The van der Waals surface area contributed by atoms with Crippen LogP contribution in [0.2, 0.25) is 5.02 Å². The van der Waals surface area contributed by atoms with E-state index in [1.165, 1.54) is 36.9 Å². The quantitative estimate of drug-likeness (QED) is 0.871. The minimum absolute atomic E-state index is 0.631. The van der Waals surface area contributed by atoms with Gasteiger partial charge in [-0.25, -0.2) is 0 Å². The average molecular weight is 309 g/mol. The lowest BCUT2D eigenvalue weighted by Gasteiger charge is -2.30. The first-order chi connectivity index (χ1) is 10.2. The summed E-state index contributed by atoms with van der Waals surface area (Å²) in [5, 5.41) is 4.44. The molecule has 0 bridgehead atoms. The van der Waals surface area contributed by atoms with Crippen LogP contribution in [0.1, 0.15) is 31.2 Å². The summed E-state index contributed by atoms with van der Waals surface area (Å²) in [7, 11) is 2.17. The number of nitrogens with one attached hydrogen (secondary N) is 1. The fourth-order valence-electron chi connectivity index (χ4n) is 3.05. The van der Waals surface area contributed by atoms with Crippen LogP contribution in [0, 0.1) is 5.92 Å². The first-order valence-electron chi connectivity index (χ1n) is 8.03. The highest BCUT2D eigenvalue weighted by atomic mass is 35.5. The van der Waals surface area contributed by atoms with Crippen molar-refractivity contribution in [2.45, 2.75) is 38.3 Å². The Morgan fingerprint density at radius 1 is 1.33 bits per heavy atom. The summed E-state index contributed by atoms with van der Waals surface area (Å²) in [6.45, 7) is 3.72. The highest BCUT2D eigenvalue weighted by Gasteiger charge is 2.22. The molecule has 1 atom stereocenters. The molecule has 2 fully saturated rings. The number of hydrogen-bond donors (Lipinski definition) is 1. The van der Waals surface area contributed by atoms with E-state index in [0.29, 0.717) is 12.0 Å². The van der Waals surface area contributed by atoms with Gasteiger partial charge in [-0.1, -0.05) is 17.7 Å². The Kier molecular flexibility index (Phi) is 5.04. The lowest BCUT2D eigenvalue weighted by atomic mass is 10.0. The van der Waals surface area contributed by atoms with Crippen molar-refractivity contribution in [3.63, 3.8) is 0 Å². The van der Waals surface area contributed by atoms with E-state index in [9.17, 15) is 0 Å². The molecule has 3 rings (SSSR count). The van der Waals surface area contributed by atoms with Crippen molar-refractivity contribution >= 4 is 17.3 Å². The van der Waals surface area contributed by atoms with Crippen molar-refractivity contribution in [1.82, 2.24) is 5.32 Å². The topological polar surface area (TPSA) is 24.5 Å². The highest BCUT2D eigenvalue weighted by molar-refractivity contribution is 6.31. The van der Waals surface area contributed by atoms with Gasteiger partial charge in [0.15, 0.2) is 0 Å². The van der Waals surface area contributed by atoms with E-state index in [0.717, 1.165) is 31.3 Å². The van der Waals surface area contributed by atoms with Gasteiger partial charge in [0, 0.05) is 49.1 Å². The Labute approximate surface area is 132 Å². The number of ether oxygens (including phenoxy) is 1. The predicted molar refractivity (Wildman–Crippen MR) is 88.1 cm³/mol. The van der Waals surface area contributed by atoms with Crippen LogP contribution in [-0.2, 0) is 11.3 Å². The molecule has 21 heavy (non-hydrogen) atoms. The molecule has 1 aliphatic heterocycles. The van der Waals surface area contributed by atoms with Crippen molar-refractivity contribution in [3.8, 4) is 0 Å². The maximum atomic E-state index is 6.43. The van der Waals surface area contributed by atoms with Gasteiger partial charge in [0.05, 0.1) is 6.61 Å². The zero-order valence-corrected chi connectivity index (χ0v) is 13.5. The van der Waals surface area contributed by atoms with Crippen molar-refractivity contribution in [1.29, 1.82) is 0 Å². The molecule has 1 aromatic rings. The molecular formula is C17H25ClN2O. The van der Waals surface area contributed by atoms with Crippen LogP contribution in [0.3, 0.4) is 0 Å². The molecule has 0 radical (unpaired) electrons. The largest absolute Gasteiger partial charge is 0.381 e. The second-order valence-corrected chi connectivity index (χ2v) is 6.76. The van der Waals surface area contributed by atoms with E-state index in [1.54, 1.807) is 0 Å². The number of halogens is 1. The van der Waals surface area contributed by atoms with Crippen molar-refractivity contribution in [2.75, 3.05) is 31.7 Å². The molecule has 1 unspecified atom stereocenters. The SMILES string of the molecule is CN(CC1CCCOC1)c1cccc(Cl)c1CNC1CC1. The number of nitrogens with zero attached hydrogens (tertiary/aromatic N) is 1. The zero-order chi connectivity index (χ0) is 14.7. The Balaban J connectivity index is 1.67. The molecule has 4 heteroatoms. The van der Waals surface area contributed by atoms with Crippen LogP contribution in [0.5, 0.6) is 0 Å². The summed E-state index contributed by atoms with van der Waals surface area (Å²) in [5.41, 5.74) is 2.48. The molecule has 1 heterocycles. The van der Waals surface area contributed by atoms with E-state index in [4.69, 9.17) is 16.3 Å². The summed E-state index contributed by atoms with van der Waals surface area (Å²) in [6, 6.07) is 6.92. The average Bonchev–Trinajstić information content (AvgIpc) is 3.31. The molecule has 116 valence electrons. The third-order valence-corrected chi connectivity index (χ3v) is 4.79. The van der Waals surface area contributed by atoms with Gasteiger partial charge in [0.25, 0.3) is 0 Å². The van der Waals surface area contributed by atoms with Crippen molar-refractivity contribution < 1.29 is 4.74 Å². The lowest BCUT2D eigenvalue weighted by molar-refractivity contribution is 0.0576. The smallest absolute Gasteiger partial charge is 0.0511 e. The third-order valence-electron chi connectivity index (χ3n) is 4.44. The molecule has 1 aliphatic carbocycles. The van der Waals surface area contributed by atoms with Gasteiger partial charge in [0.2, 0.25) is 0 Å². The van der Waals surface area contributed by atoms with Gasteiger partial charge >= 0.3 is 0 Å². The lowest BCUT2D eigenvalue weighted by Crippen LogP contribution is -2.31. The molecule has 1 N–H and O–H groups in total. The summed E-state index contributed by atoms with van der Waals surface area (Å²) >= 11 is 6.43. The Bertz CT molecular complexity index is 470. The van der Waals surface area contributed by atoms with Gasteiger partial charge < -0.3 is 15.0 Å². The minimum atomic E-state index is 0.631. The van der Waals surface area contributed by atoms with E-state index in [-0.39, 0.29) is 0 Å². The maximum Gasteiger partial charge on any atom is 0.0511 e. The molecule has 2 aliphatic rings. The molecule has 1 saturated carbocycles. The molecule has 1 aromatic carbocycles. The first kappa shape index (κ1) is 15.1. The number of benzene rings is 1.